The first-order chi connectivity index (χ1) is 10.3. The van der Waals surface area contributed by atoms with Crippen LogP contribution in [-0.2, 0) is 6.42 Å². The quantitative estimate of drug-likeness (QED) is 0.725. The molecule has 2 aliphatic rings. The lowest BCUT2D eigenvalue weighted by molar-refractivity contribution is 0.574. The normalized spacial score (nSPS) is 17.9. The number of unbranched alkanes of at least 4 members (excludes halogenated alkanes) is 3. The minimum Gasteiger partial charge on any atom is -0.371 e. The monoisotopic (exact) mass is 286 g/mol. The highest BCUT2D eigenvalue weighted by Crippen LogP contribution is 2.28. The third kappa shape index (κ3) is 4.47. The minimum atomic E-state index is 0.873. The summed E-state index contributed by atoms with van der Waals surface area (Å²) in [5.74, 6) is 0. The van der Waals surface area contributed by atoms with Crippen LogP contribution in [0, 0.1) is 6.92 Å². The molecule has 3 rings (SSSR count). The van der Waals surface area contributed by atoms with Gasteiger partial charge in [-0.15, -0.1) is 0 Å². The molecule has 0 aromatic heterocycles. The number of nitrogens with one attached hydrogen (secondary N) is 1. The molecule has 1 aromatic carbocycles. The van der Waals surface area contributed by atoms with E-state index in [4.69, 9.17) is 0 Å². The van der Waals surface area contributed by atoms with Crippen LogP contribution in [0.4, 0.5) is 5.69 Å². The van der Waals surface area contributed by atoms with Gasteiger partial charge >= 0.3 is 0 Å². The van der Waals surface area contributed by atoms with Gasteiger partial charge in [-0.25, -0.2) is 0 Å². The van der Waals surface area contributed by atoms with E-state index in [0.717, 1.165) is 6.04 Å². The van der Waals surface area contributed by atoms with Gasteiger partial charge in [-0.05, 0) is 63.6 Å². The van der Waals surface area contributed by atoms with E-state index in [1.165, 1.54) is 82.3 Å². The molecule has 0 atom stereocenters. The molecule has 2 heteroatoms. The second kappa shape index (κ2) is 7.31. The lowest BCUT2D eigenvalue weighted by atomic mass is 9.99. The molecule has 0 amide bonds. The molecule has 116 valence electrons. The molecule has 0 bridgehead atoms. The molecule has 1 aromatic rings. The Balaban J connectivity index is 1.35. The molecule has 0 spiro atoms. The first kappa shape index (κ1) is 14.9. The molecular weight excluding hydrogens is 256 g/mol. The van der Waals surface area contributed by atoms with Crippen LogP contribution in [0.5, 0.6) is 0 Å². The Morgan fingerprint density at radius 1 is 1.14 bits per heavy atom. The van der Waals surface area contributed by atoms with Crippen LogP contribution in [0.25, 0.3) is 0 Å². The molecule has 1 aliphatic carbocycles. The van der Waals surface area contributed by atoms with E-state index in [2.05, 4.69) is 35.3 Å². The summed E-state index contributed by atoms with van der Waals surface area (Å²) in [6.45, 7) is 5.93. The van der Waals surface area contributed by atoms with Crippen LogP contribution in [0.2, 0.25) is 0 Å². The smallest absolute Gasteiger partial charge is 0.0398 e. The van der Waals surface area contributed by atoms with Crippen molar-refractivity contribution in [2.45, 2.75) is 64.3 Å². The Labute approximate surface area is 129 Å². The lowest BCUT2D eigenvalue weighted by Crippen LogP contribution is -2.30. The van der Waals surface area contributed by atoms with Gasteiger partial charge in [0.25, 0.3) is 0 Å². The number of fused-ring (bicyclic) bond motifs is 1. The average molecular weight is 286 g/mol. The van der Waals surface area contributed by atoms with Crippen LogP contribution in [0.15, 0.2) is 18.2 Å². The summed E-state index contributed by atoms with van der Waals surface area (Å²) in [5.41, 5.74) is 4.47. The van der Waals surface area contributed by atoms with Gasteiger partial charge < -0.3 is 10.2 Å². The Morgan fingerprint density at radius 2 is 2.00 bits per heavy atom. The van der Waals surface area contributed by atoms with Crippen LogP contribution >= 0.6 is 0 Å². The number of rotatable bonds is 8. The van der Waals surface area contributed by atoms with Gasteiger partial charge in [-0.1, -0.05) is 30.5 Å². The fraction of sp³-hybridized carbons (Fsp3) is 0.684. The van der Waals surface area contributed by atoms with Crippen molar-refractivity contribution in [2.24, 2.45) is 0 Å². The maximum absolute atomic E-state index is 3.60. The van der Waals surface area contributed by atoms with E-state index < -0.39 is 0 Å². The third-order valence-corrected chi connectivity index (χ3v) is 4.82. The zero-order valence-electron chi connectivity index (χ0n) is 13.5. The molecule has 1 N–H and O–H groups in total. The van der Waals surface area contributed by atoms with E-state index in [-0.39, 0.29) is 0 Å². The molecule has 1 saturated carbocycles. The molecule has 1 heterocycles. The van der Waals surface area contributed by atoms with E-state index >= 15 is 0 Å². The van der Waals surface area contributed by atoms with E-state index in [9.17, 15) is 0 Å². The second-order valence-electron chi connectivity index (χ2n) is 6.87. The topological polar surface area (TPSA) is 15.3 Å². The second-order valence-corrected chi connectivity index (χ2v) is 6.87. The highest BCUT2D eigenvalue weighted by molar-refractivity contribution is 5.56. The van der Waals surface area contributed by atoms with Gasteiger partial charge in [-0.2, -0.15) is 0 Å². The van der Waals surface area contributed by atoms with Crippen molar-refractivity contribution in [1.29, 1.82) is 0 Å². The molecular formula is C19H30N2. The zero-order valence-corrected chi connectivity index (χ0v) is 13.5. The number of benzene rings is 1. The molecule has 0 unspecified atom stereocenters. The number of nitrogens with zero attached hydrogens (tertiary/aromatic N) is 1. The van der Waals surface area contributed by atoms with Gasteiger partial charge in [0.2, 0.25) is 0 Å². The Kier molecular flexibility index (Phi) is 5.18. The minimum absolute atomic E-state index is 0.873. The van der Waals surface area contributed by atoms with Crippen LogP contribution < -0.4 is 10.2 Å². The molecule has 1 fully saturated rings. The Bertz CT molecular complexity index is 451. The first-order valence-corrected chi connectivity index (χ1v) is 8.91. The van der Waals surface area contributed by atoms with Crippen molar-refractivity contribution in [3.05, 3.63) is 29.3 Å². The highest BCUT2D eigenvalue weighted by Gasteiger charge is 2.19. The molecule has 21 heavy (non-hydrogen) atoms. The van der Waals surface area contributed by atoms with E-state index in [0.29, 0.717) is 0 Å². The van der Waals surface area contributed by atoms with Crippen molar-refractivity contribution in [3.63, 3.8) is 0 Å². The van der Waals surface area contributed by atoms with Gasteiger partial charge in [-0.3, -0.25) is 0 Å². The molecule has 0 saturated heterocycles. The van der Waals surface area contributed by atoms with Crippen LogP contribution in [-0.4, -0.2) is 25.7 Å². The molecule has 1 aliphatic heterocycles. The first-order valence-electron chi connectivity index (χ1n) is 8.91. The number of hydrogen-bond donors (Lipinski definition) is 1. The van der Waals surface area contributed by atoms with Gasteiger partial charge in [0.1, 0.15) is 0 Å². The fourth-order valence-corrected chi connectivity index (χ4v) is 3.41. The summed E-state index contributed by atoms with van der Waals surface area (Å²) >= 11 is 0. The predicted molar refractivity (Wildman–Crippen MR) is 91.2 cm³/mol. The van der Waals surface area contributed by atoms with Crippen molar-refractivity contribution >= 4 is 5.69 Å². The maximum atomic E-state index is 3.60. The standard InChI is InChI=1S/C19H30N2/c1-16-8-11-19-17(15-16)7-6-14-21(19)13-5-3-2-4-12-20-18-9-10-18/h8,11,15,18,20H,2-7,9-10,12-14H2,1H3. The summed E-state index contributed by atoms with van der Waals surface area (Å²) in [7, 11) is 0. The van der Waals surface area contributed by atoms with Gasteiger partial charge in [0.15, 0.2) is 0 Å². The summed E-state index contributed by atoms with van der Waals surface area (Å²) in [5, 5.41) is 3.60. The van der Waals surface area contributed by atoms with Crippen LogP contribution in [0.1, 0.15) is 56.1 Å². The number of hydrogen-bond acceptors (Lipinski definition) is 2. The summed E-state index contributed by atoms with van der Waals surface area (Å²) in [6, 6.07) is 7.85. The van der Waals surface area contributed by atoms with Crippen LogP contribution in [0.3, 0.4) is 0 Å². The van der Waals surface area contributed by atoms with Crippen molar-refractivity contribution in [3.8, 4) is 0 Å². The predicted octanol–water partition coefficient (Wildman–Crippen LogP) is 4.06. The summed E-state index contributed by atoms with van der Waals surface area (Å²) in [6.07, 6.45) is 10.9. The zero-order chi connectivity index (χ0) is 14.5. The number of anilines is 1. The number of aryl methyl sites for hydroxylation is 2. The third-order valence-electron chi connectivity index (χ3n) is 4.82. The lowest BCUT2D eigenvalue weighted by Gasteiger charge is -2.31. The highest BCUT2D eigenvalue weighted by atomic mass is 15.1. The average Bonchev–Trinajstić information content (AvgIpc) is 3.30. The molecule has 0 radical (unpaired) electrons. The Morgan fingerprint density at radius 3 is 2.86 bits per heavy atom. The SMILES string of the molecule is Cc1ccc2c(c1)CCCN2CCCCCCNC1CC1. The van der Waals surface area contributed by atoms with Crippen molar-refractivity contribution in [2.75, 3.05) is 24.5 Å². The largest absolute Gasteiger partial charge is 0.371 e. The van der Waals surface area contributed by atoms with E-state index in [1.54, 1.807) is 5.56 Å². The summed E-state index contributed by atoms with van der Waals surface area (Å²) < 4.78 is 0. The van der Waals surface area contributed by atoms with Crippen molar-refractivity contribution in [1.82, 2.24) is 5.32 Å². The maximum Gasteiger partial charge on any atom is 0.0398 e. The summed E-state index contributed by atoms with van der Waals surface area (Å²) in [4.78, 5) is 2.61. The fourth-order valence-electron chi connectivity index (χ4n) is 3.41. The van der Waals surface area contributed by atoms with E-state index in [1.807, 2.05) is 0 Å². The van der Waals surface area contributed by atoms with Crippen molar-refractivity contribution < 1.29 is 0 Å². The van der Waals surface area contributed by atoms with Gasteiger partial charge in [0.05, 0.1) is 0 Å². The Hall–Kier alpha value is -1.02. The van der Waals surface area contributed by atoms with Gasteiger partial charge in [0, 0.05) is 24.8 Å². The molecule has 2 nitrogen and oxygen atoms in total.